The zero-order valence-electron chi connectivity index (χ0n) is 20.5. The summed E-state index contributed by atoms with van der Waals surface area (Å²) in [4.78, 5) is 47.4. The average molecular weight is 492 g/mol. The number of ketones is 1. The van der Waals surface area contributed by atoms with E-state index < -0.39 is 11.4 Å². The first-order valence-corrected chi connectivity index (χ1v) is 11.5. The van der Waals surface area contributed by atoms with E-state index in [9.17, 15) is 14.4 Å². The Morgan fingerprint density at radius 3 is 2.47 bits per heavy atom. The van der Waals surface area contributed by atoms with Crippen LogP contribution in [0.1, 0.15) is 49.0 Å². The van der Waals surface area contributed by atoms with Gasteiger partial charge >= 0.3 is 5.97 Å². The second-order valence-corrected chi connectivity index (χ2v) is 9.34. The Bertz CT molecular complexity index is 1530. The fraction of sp³-hybridized carbons (Fsp3) is 0.346. The van der Waals surface area contributed by atoms with Crippen molar-refractivity contribution in [1.82, 2.24) is 14.9 Å². The minimum absolute atomic E-state index is 0.109. The van der Waals surface area contributed by atoms with Crippen LogP contribution in [0.2, 0.25) is 0 Å². The Morgan fingerprint density at radius 1 is 1.06 bits per heavy atom. The van der Waals surface area contributed by atoms with Crippen molar-refractivity contribution in [2.75, 3.05) is 35.0 Å². The minimum atomic E-state index is -0.552. The number of hydrogen-bond donors (Lipinski definition) is 2. The number of aromatic nitrogens is 2. The molecule has 1 aromatic carbocycles. The maximum atomic E-state index is 13.8. The number of hydrogen-bond acceptors (Lipinski definition) is 7. The first-order chi connectivity index (χ1) is 17.3. The molecule has 2 aromatic heterocycles. The maximum absolute atomic E-state index is 13.8. The monoisotopic (exact) mass is 491 g/mol. The fourth-order valence-electron chi connectivity index (χ4n) is 6.07. The van der Waals surface area contributed by atoms with Crippen LogP contribution < -0.4 is 14.2 Å². The van der Waals surface area contributed by atoms with E-state index in [1.807, 2.05) is 0 Å². The van der Waals surface area contributed by atoms with Gasteiger partial charge in [-0.15, -0.1) is 0 Å². The zero-order valence-corrected chi connectivity index (χ0v) is 20.5. The lowest BCUT2D eigenvalue weighted by Crippen LogP contribution is -2.34. The molecule has 6 rings (SSSR count). The van der Waals surface area contributed by atoms with Gasteiger partial charge in [0.1, 0.15) is 5.69 Å². The number of carbonyl (C=O) groups excluding carboxylic acids is 3. The van der Waals surface area contributed by atoms with Crippen LogP contribution in [0.5, 0.6) is 17.2 Å². The normalized spacial score (nSPS) is 21.5. The maximum Gasteiger partial charge on any atom is 0.340 e. The van der Waals surface area contributed by atoms with Crippen molar-refractivity contribution < 1.29 is 33.3 Å². The number of ether oxygens (including phenoxy) is 4. The molecule has 3 aromatic rings. The van der Waals surface area contributed by atoms with Crippen molar-refractivity contribution >= 4 is 28.6 Å². The third kappa shape index (κ3) is 2.64. The lowest BCUT2D eigenvalue weighted by molar-refractivity contribution is 0.0598. The number of methoxy groups -OCH3 is 4. The summed E-state index contributed by atoms with van der Waals surface area (Å²) in [5, 5.41) is 0.720. The highest BCUT2D eigenvalue weighted by Crippen LogP contribution is 2.67. The molecule has 2 aliphatic carbocycles. The van der Waals surface area contributed by atoms with Crippen LogP contribution >= 0.6 is 0 Å². The molecule has 1 saturated heterocycles. The van der Waals surface area contributed by atoms with Crippen LogP contribution in [-0.2, 0) is 10.2 Å². The summed E-state index contributed by atoms with van der Waals surface area (Å²) in [5.41, 5.74) is 3.05. The molecule has 186 valence electrons. The molecule has 36 heavy (non-hydrogen) atoms. The molecule has 0 radical (unpaired) electrons. The van der Waals surface area contributed by atoms with Gasteiger partial charge in [-0.3, -0.25) is 9.59 Å². The lowest BCUT2D eigenvalue weighted by Gasteiger charge is -2.28. The van der Waals surface area contributed by atoms with Gasteiger partial charge in [-0.05, 0) is 31.4 Å². The van der Waals surface area contributed by atoms with E-state index in [-0.39, 0.29) is 17.6 Å². The third-order valence-electron chi connectivity index (χ3n) is 7.69. The topological polar surface area (TPSA) is 123 Å². The van der Waals surface area contributed by atoms with E-state index in [1.165, 1.54) is 34.5 Å². The summed E-state index contributed by atoms with van der Waals surface area (Å²) in [6.07, 6.45) is 2.29. The SMILES string of the molecule is COC(=O)c1c(C)[nH]c2c1[C@@]13C[C@@H]1CN(C(=O)c1cc4cc(OC)c(OC)c(OC)c4[nH]1)C3=CC2=O. The van der Waals surface area contributed by atoms with Gasteiger partial charge in [0.05, 0.1) is 45.2 Å². The van der Waals surface area contributed by atoms with E-state index in [1.54, 1.807) is 24.0 Å². The van der Waals surface area contributed by atoms with Gasteiger partial charge in [0.25, 0.3) is 5.91 Å². The summed E-state index contributed by atoms with van der Waals surface area (Å²) in [7, 11) is 5.89. The molecule has 1 spiro atoms. The van der Waals surface area contributed by atoms with Crippen LogP contribution in [0.4, 0.5) is 0 Å². The van der Waals surface area contributed by atoms with E-state index in [2.05, 4.69) is 9.97 Å². The van der Waals surface area contributed by atoms with Gasteiger partial charge in [-0.2, -0.15) is 0 Å². The molecular weight excluding hydrogens is 466 g/mol. The predicted octanol–water partition coefficient (Wildman–Crippen LogP) is 3.11. The zero-order chi connectivity index (χ0) is 25.5. The number of likely N-dealkylation sites (tertiary alicyclic amines) is 1. The first-order valence-electron chi connectivity index (χ1n) is 11.5. The number of nitrogens with zero attached hydrogens (tertiary/aromatic N) is 1. The molecule has 0 bridgehead atoms. The van der Waals surface area contributed by atoms with Crippen molar-refractivity contribution in [3.05, 3.63) is 52.1 Å². The van der Waals surface area contributed by atoms with Gasteiger partial charge in [0.15, 0.2) is 11.5 Å². The highest BCUT2D eigenvalue weighted by atomic mass is 16.5. The number of H-pyrrole nitrogens is 2. The van der Waals surface area contributed by atoms with Crippen LogP contribution in [0.3, 0.4) is 0 Å². The fourth-order valence-corrected chi connectivity index (χ4v) is 6.07. The molecule has 1 aliphatic heterocycles. The summed E-state index contributed by atoms with van der Waals surface area (Å²) in [6.45, 7) is 2.20. The Kier molecular flexibility index (Phi) is 4.57. The third-order valence-corrected chi connectivity index (χ3v) is 7.69. The highest BCUT2D eigenvalue weighted by Gasteiger charge is 2.69. The Labute approximate surface area is 206 Å². The van der Waals surface area contributed by atoms with Crippen molar-refractivity contribution in [3.63, 3.8) is 0 Å². The smallest absolute Gasteiger partial charge is 0.340 e. The molecule has 2 N–H and O–H groups in total. The molecule has 2 fully saturated rings. The number of esters is 1. The quantitative estimate of drug-likeness (QED) is 0.526. The van der Waals surface area contributed by atoms with Crippen LogP contribution in [-0.4, -0.2) is 67.5 Å². The minimum Gasteiger partial charge on any atom is -0.493 e. The number of benzene rings is 1. The van der Waals surface area contributed by atoms with E-state index in [4.69, 9.17) is 18.9 Å². The highest BCUT2D eigenvalue weighted by molar-refractivity contribution is 6.12. The molecule has 1 saturated carbocycles. The standard InChI is InChI=1S/C26H25N3O7/c1-11-18(25(32)36-5)19-21(27-11)15(30)8-17-26(19)9-13(26)10-29(17)24(31)14-6-12-7-16(33-2)22(34-3)23(35-4)20(12)28-14/h6-8,13,27-28H,9-10H2,1-5H3/t13-,26+/m1/s1. The van der Waals surface area contributed by atoms with Crippen LogP contribution in [0, 0.1) is 12.8 Å². The molecule has 10 heteroatoms. The summed E-state index contributed by atoms with van der Waals surface area (Å²) >= 11 is 0. The largest absolute Gasteiger partial charge is 0.493 e. The van der Waals surface area contributed by atoms with Gasteiger partial charge in [0.2, 0.25) is 11.5 Å². The molecule has 10 nitrogen and oxygen atoms in total. The molecule has 0 unspecified atom stereocenters. The van der Waals surface area contributed by atoms with Gasteiger partial charge in [-0.25, -0.2) is 4.79 Å². The number of rotatable bonds is 5. The second-order valence-electron chi connectivity index (χ2n) is 9.34. The van der Waals surface area contributed by atoms with Gasteiger partial charge in [-0.1, -0.05) is 0 Å². The Balaban J connectivity index is 1.43. The number of aryl methyl sites for hydroxylation is 1. The average Bonchev–Trinajstić information content (AvgIpc) is 3.14. The number of piperidine rings is 1. The van der Waals surface area contributed by atoms with E-state index >= 15 is 0 Å². The lowest BCUT2D eigenvalue weighted by atomic mass is 9.82. The predicted molar refractivity (Wildman–Crippen MR) is 128 cm³/mol. The summed E-state index contributed by atoms with van der Waals surface area (Å²) in [6, 6.07) is 3.50. The van der Waals surface area contributed by atoms with Crippen LogP contribution in [0.15, 0.2) is 23.9 Å². The molecule has 3 aliphatic rings. The van der Waals surface area contributed by atoms with Crippen LogP contribution in [0.25, 0.3) is 10.9 Å². The Morgan fingerprint density at radius 2 is 1.81 bits per heavy atom. The Hall–Kier alpha value is -4.21. The van der Waals surface area contributed by atoms with Crippen molar-refractivity contribution in [1.29, 1.82) is 0 Å². The summed E-state index contributed by atoms with van der Waals surface area (Å²) in [5.74, 6) is 0.406. The molecule has 1 amide bonds. The molecule has 2 atom stereocenters. The van der Waals surface area contributed by atoms with Gasteiger partial charge in [0, 0.05) is 40.4 Å². The number of nitrogens with one attached hydrogen (secondary N) is 2. The first kappa shape index (κ1) is 22.3. The van der Waals surface area contributed by atoms with Crippen molar-refractivity contribution in [2.24, 2.45) is 5.92 Å². The van der Waals surface area contributed by atoms with Crippen molar-refractivity contribution in [2.45, 2.75) is 18.8 Å². The molecular formula is C26H25N3O7. The molecule has 3 heterocycles. The number of allylic oxidation sites excluding steroid dienone is 2. The number of amides is 1. The van der Waals surface area contributed by atoms with Crippen molar-refractivity contribution in [3.8, 4) is 17.2 Å². The second kappa shape index (κ2) is 7.39. The number of fused-ring (bicyclic) bond motifs is 2. The number of aromatic amines is 2. The van der Waals surface area contributed by atoms with Gasteiger partial charge < -0.3 is 33.8 Å². The number of carbonyl (C=O) groups is 3. The van der Waals surface area contributed by atoms with E-state index in [0.29, 0.717) is 63.2 Å². The summed E-state index contributed by atoms with van der Waals surface area (Å²) < 4.78 is 21.5. The van der Waals surface area contributed by atoms with E-state index in [0.717, 1.165) is 11.8 Å².